The zero-order chi connectivity index (χ0) is 16.2. The molecule has 3 heterocycles. The van der Waals surface area contributed by atoms with Crippen LogP contribution in [0.2, 0.25) is 0 Å². The number of thiophene rings is 1. The Kier molecular flexibility index (Phi) is 5.46. The van der Waals surface area contributed by atoms with Gasteiger partial charge in [0.25, 0.3) is 0 Å². The molecule has 0 amide bonds. The maximum absolute atomic E-state index is 5.88. The Morgan fingerprint density at radius 1 is 1.35 bits per heavy atom. The lowest BCUT2D eigenvalue weighted by molar-refractivity contribution is 0.0172. The van der Waals surface area contributed by atoms with E-state index in [1.165, 1.54) is 22.6 Å². The molecule has 0 spiro atoms. The highest BCUT2D eigenvalue weighted by Gasteiger charge is 2.18. The lowest BCUT2D eigenvalue weighted by Gasteiger charge is -2.21. The van der Waals surface area contributed by atoms with Gasteiger partial charge in [0.2, 0.25) is 0 Å². The van der Waals surface area contributed by atoms with E-state index in [1.807, 2.05) is 17.7 Å². The molecule has 0 bridgehead atoms. The third kappa shape index (κ3) is 4.19. The van der Waals surface area contributed by atoms with Gasteiger partial charge in [0.05, 0.1) is 12.6 Å². The Bertz CT molecular complexity index is 616. The molecule has 1 aliphatic heterocycles. The molecule has 2 aromatic rings. The summed E-state index contributed by atoms with van der Waals surface area (Å²) in [6.45, 7) is 6.96. The summed E-state index contributed by atoms with van der Waals surface area (Å²) in [5.41, 5.74) is 0. The van der Waals surface area contributed by atoms with Crippen molar-refractivity contribution in [1.29, 1.82) is 0 Å². The molecule has 126 valence electrons. The number of aromatic nitrogens is 3. The van der Waals surface area contributed by atoms with Crippen LogP contribution in [0.15, 0.2) is 18.5 Å². The van der Waals surface area contributed by atoms with E-state index in [0.717, 1.165) is 31.9 Å². The summed E-state index contributed by atoms with van der Waals surface area (Å²) < 4.78 is 8.02. The van der Waals surface area contributed by atoms with Crippen molar-refractivity contribution in [2.45, 2.75) is 58.3 Å². The Balaban J connectivity index is 1.58. The summed E-state index contributed by atoms with van der Waals surface area (Å²) in [6, 6.07) is 4.87. The van der Waals surface area contributed by atoms with E-state index >= 15 is 0 Å². The van der Waals surface area contributed by atoms with Gasteiger partial charge in [-0.15, -0.1) is 21.5 Å². The van der Waals surface area contributed by atoms with Crippen molar-refractivity contribution in [2.24, 2.45) is 0 Å². The lowest BCUT2D eigenvalue weighted by Crippen LogP contribution is -2.20. The highest BCUT2D eigenvalue weighted by molar-refractivity contribution is 7.12. The van der Waals surface area contributed by atoms with E-state index in [4.69, 9.17) is 4.74 Å². The molecular weight excluding hydrogens is 308 g/mol. The Hall–Kier alpha value is -1.24. The first kappa shape index (κ1) is 16.6. The van der Waals surface area contributed by atoms with E-state index in [-0.39, 0.29) is 0 Å². The van der Waals surface area contributed by atoms with E-state index in [2.05, 4.69) is 52.7 Å². The molecule has 1 saturated heterocycles. The first-order chi connectivity index (χ1) is 11.1. The van der Waals surface area contributed by atoms with Gasteiger partial charge in [0, 0.05) is 28.9 Å². The van der Waals surface area contributed by atoms with Crippen molar-refractivity contribution in [1.82, 2.24) is 19.7 Å². The van der Waals surface area contributed by atoms with Crippen LogP contribution in [-0.4, -0.2) is 33.3 Å². The van der Waals surface area contributed by atoms with E-state index in [1.54, 1.807) is 0 Å². The topological polar surface area (TPSA) is 43.2 Å². The smallest absolute Gasteiger partial charge is 0.147 e. The van der Waals surface area contributed by atoms with Gasteiger partial charge in [-0.1, -0.05) is 0 Å². The second-order valence-electron chi connectivity index (χ2n) is 6.58. The van der Waals surface area contributed by atoms with Gasteiger partial charge in [0.15, 0.2) is 0 Å². The molecule has 0 aliphatic carbocycles. The summed E-state index contributed by atoms with van der Waals surface area (Å²) in [4.78, 5) is 5.05. The van der Waals surface area contributed by atoms with Crippen molar-refractivity contribution in [3.05, 3.63) is 34.0 Å². The van der Waals surface area contributed by atoms with Crippen LogP contribution < -0.4 is 0 Å². The molecule has 2 aromatic heterocycles. The van der Waals surface area contributed by atoms with Crippen LogP contribution in [0.5, 0.6) is 0 Å². The van der Waals surface area contributed by atoms with Crippen LogP contribution >= 0.6 is 11.3 Å². The number of ether oxygens (including phenoxy) is 1. The standard InChI is InChI=1S/C17H26N4OS/c1-13(2)21-12-18-19-17(21)11-20(3)10-14-7-8-16(23-14)15-6-4-5-9-22-15/h7-8,12-13,15H,4-6,9-11H2,1-3H3. The van der Waals surface area contributed by atoms with Crippen LogP contribution in [0.4, 0.5) is 0 Å². The minimum atomic E-state index is 0.317. The highest BCUT2D eigenvalue weighted by Crippen LogP contribution is 2.33. The van der Waals surface area contributed by atoms with Crippen LogP contribution in [0, 0.1) is 0 Å². The second kappa shape index (κ2) is 7.55. The fraction of sp³-hybridized carbons (Fsp3) is 0.647. The molecule has 1 atom stereocenters. The molecule has 5 nitrogen and oxygen atoms in total. The normalized spacial score (nSPS) is 18.9. The van der Waals surface area contributed by atoms with Gasteiger partial charge in [-0.3, -0.25) is 4.90 Å². The van der Waals surface area contributed by atoms with E-state index < -0.39 is 0 Å². The summed E-state index contributed by atoms with van der Waals surface area (Å²) in [7, 11) is 2.13. The van der Waals surface area contributed by atoms with Crippen LogP contribution in [0.1, 0.15) is 60.8 Å². The number of hydrogen-bond acceptors (Lipinski definition) is 5. The number of rotatable bonds is 6. The number of nitrogens with zero attached hydrogens (tertiary/aromatic N) is 4. The summed E-state index contributed by atoms with van der Waals surface area (Å²) in [5.74, 6) is 1.02. The first-order valence-electron chi connectivity index (χ1n) is 8.40. The predicted molar refractivity (Wildman–Crippen MR) is 92.4 cm³/mol. The minimum Gasteiger partial charge on any atom is -0.373 e. The quantitative estimate of drug-likeness (QED) is 0.806. The van der Waals surface area contributed by atoms with E-state index in [9.17, 15) is 0 Å². The molecule has 1 unspecified atom stereocenters. The molecule has 0 aromatic carbocycles. The first-order valence-corrected chi connectivity index (χ1v) is 9.22. The molecule has 1 fully saturated rings. The van der Waals surface area contributed by atoms with Gasteiger partial charge >= 0.3 is 0 Å². The summed E-state index contributed by atoms with van der Waals surface area (Å²) in [5, 5.41) is 8.29. The highest BCUT2D eigenvalue weighted by atomic mass is 32.1. The molecule has 0 saturated carbocycles. The van der Waals surface area contributed by atoms with Crippen LogP contribution in [0.3, 0.4) is 0 Å². The summed E-state index contributed by atoms with van der Waals surface area (Å²) >= 11 is 1.88. The third-order valence-electron chi connectivity index (χ3n) is 4.22. The zero-order valence-corrected chi connectivity index (χ0v) is 15.1. The summed E-state index contributed by atoms with van der Waals surface area (Å²) in [6.07, 6.45) is 5.78. The molecule has 1 aliphatic rings. The van der Waals surface area contributed by atoms with Crippen molar-refractivity contribution < 1.29 is 4.74 Å². The Morgan fingerprint density at radius 3 is 2.96 bits per heavy atom. The molecule has 0 N–H and O–H groups in total. The largest absolute Gasteiger partial charge is 0.373 e. The molecule has 0 radical (unpaired) electrons. The van der Waals surface area contributed by atoms with Crippen LogP contribution in [0.25, 0.3) is 0 Å². The number of hydrogen-bond donors (Lipinski definition) is 0. The SMILES string of the molecule is CC(C)n1cnnc1CN(C)Cc1ccc(C2CCCCO2)s1. The van der Waals surface area contributed by atoms with Crippen molar-refractivity contribution in [2.75, 3.05) is 13.7 Å². The van der Waals surface area contributed by atoms with Gasteiger partial charge in [-0.25, -0.2) is 0 Å². The minimum absolute atomic E-state index is 0.317. The van der Waals surface area contributed by atoms with Gasteiger partial charge in [-0.2, -0.15) is 0 Å². The average molecular weight is 334 g/mol. The molecule has 6 heteroatoms. The molecule has 23 heavy (non-hydrogen) atoms. The lowest BCUT2D eigenvalue weighted by atomic mass is 10.1. The Morgan fingerprint density at radius 2 is 2.22 bits per heavy atom. The Labute approximate surface area is 142 Å². The van der Waals surface area contributed by atoms with Crippen molar-refractivity contribution in [3.63, 3.8) is 0 Å². The fourth-order valence-electron chi connectivity index (χ4n) is 2.99. The maximum Gasteiger partial charge on any atom is 0.147 e. The van der Waals surface area contributed by atoms with Crippen molar-refractivity contribution in [3.8, 4) is 0 Å². The second-order valence-corrected chi connectivity index (χ2v) is 7.78. The average Bonchev–Trinajstić information content (AvgIpc) is 3.17. The monoisotopic (exact) mass is 334 g/mol. The molecule has 3 rings (SSSR count). The third-order valence-corrected chi connectivity index (χ3v) is 5.38. The van der Waals surface area contributed by atoms with Gasteiger partial charge < -0.3 is 9.30 Å². The maximum atomic E-state index is 5.88. The van der Waals surface area contributed by atoms with E-state index in [0.29, 0.717) is 12.1 Å². The van der Waals surface area contributed by atoms with Gasteiger partial charge in [-0.05, 0) is 52.3 Å². The molecular formula is C17H26N4OS. The van der Waals surface area contributed by atoms with Crippen molar-refractivity contribution >= 4 is 11.3 Å². The zero-order valence-electron chi connectivity index (χ0n) is 14.2. The fourth-order valence-corrected chi connectivity index (χ4v) is 4.17. The predicted octanol–water partition coefficient (Wildman–Crippen LogP) is 3.79. The van der Waals surface area contributed by atoms with Gasteiger partial charge in [0.1, 0.15) is 12.2 Å². The van der Waals surface area contributed by atoms with Crippen LogP contribution in [-0.2, 0) is 17.8 Å².